The lowest BCUT2D eigenvalue weighted by molar-refractivity contribution is -0.123. The first-order valence-electron chi connectivity index (χ1n) is 11.5. The number of para-hydroxylation sites is 1. The molecular weight excluding hydrogens is 466 g/mol. The molecule has 37 heavy (non-hydrogen) atoms. The maximum atomic E-state index is 12.6. The maximum absolute atomic E-state index is 12.6. The Morgan fingerprint density at radius 1 is 0.757 bits per heavy atom. The molecule has 0 saturated heterocycles. The Hall–Kier alpha value is -5.35. The van der Waals surface area contributed by atoms with Crippen molar-refractivity contribution in [3.8, 4) is 23.3 Å². The zero-order chi connectivity index (χ0) is 25.6. The number of nitriles is 1. The van der Waals surface area contributed by atoms with Crippen molar-refractivity contribution in [1.29, 1.82) is 5.26 Å². The van der Waals surface area contributed by atoms with Crippen LogP contribution in [0.2, 0.25) is 0 Å². The number of benzene rings is 4. The zero-order valence-corrected chi connectivity index (χ0v) is 19.6. The molecule has 0 atom stereocenters. The number of hydrogen-bond acceptors (Lipinski definition) is 6. The largest absolute Gasteiger partial charge is 0.489 e. The van der Waals surface area contributed by atoms with Crippen LogP contribution >= 0.6 is 0 Å². The molecule has 7 nitrogen and oxygen atoms in total. The molecule has 0 aromatic heterocycles. The lowest BCUT2D eigenvalue weighted by atomic mass is 10.0. The summed E-state index contributed by atoms with van der Waals surface area (Å²) in [5.74, 6) is 0.653. The van der Waals surface area contributed by atoms with E-state index in [0.29, 0.717) is 40.7 Å². The van der Waals surface area contributed by atoms with Gasteiger partial charge in [0.1, 0.15) is 35.6 Å². The van der Waals surface area contributed by atoms with Gasteiger partial charge < -0.3 is 14.8 Å². The number of nitrogens with one attached hydrogen (secondary N) is 2. The highest BCUT2D eigenvalue weighted by atomic mass is 16.5. The number of nitrogens with zero attached hydrogens (tertiary/aromatic N) is 1. The van der Waals surface area contributed by atoms with Gasteiger partial charge in [-0.05, 0) is 59.7 Å². The molecule has 1 aliphatic rings. The first kappa shape index (κ1) is 23.4. The van der Waals surface area contributed by atoms with Gasteiger partial charge >= 0.3 is 0 Å². The molecule has 4 aromatic rings. The van der Waals surface area contributed by atoms with Crippen LogP contribution in [0, 0.1) is 11.3 Å². The van der Waals surface area contributed by atoms with E-state index in [9.17, 15) is 14.9 Å². The molecule has 0 saturated carbocycles. The molecule has 0 bridgehead atoms. The second-order valence-electron chi connectivity index (χ2n) is 8.19. The van der Waals surface area contributed by atoms with Gasteiger partial charge in [0.15, 0.2) is 0 Å². The molecule has 7 heteroatoms. The summed E-state index contributed by atoms with van der Waals surface area (Å²) < 4.78 is 11.6. The normalized spacial score (nSPS) is 12.6. The molecule has 180 valence electrons. The van der Waals surface area contributed by atoms with Gasteiger partial charge in [-0.1, -0.05) is 54.6 Å². The van der Waals surface area contributed by atoms with Crippen LogP contribution in [0.1, 0.15) is 16.7 Å². The Morgan fingerprint density at radius 2 is 1.43 bits per heavy atom. The maximum Gasteiger partial charge on any atom is 0.275 e. The predicted molar refractivity (Wildman–Crippen MR) is 139 cm³/mol. The van der Waals surface area contributed by atoms with E-state index in [4.69, 9.17) is 9.47 Å². The minimum Gasteiger partial charge on any atom is -0.489 e. The molecule has 0 fully saturated rings. The summed E-state index contributed by atoms with van der Waals surface area (Å²) in [4.78, 5) is 25.1. The van der Waals surface area contributed by atoms with E-state index < -0.39 is 11.8 Å². The van der Waals surface area contributed by atoms with Crippen molar-refractivity contribution in [2.75, 3.05) is 5.32 Å². The highest BCUT2D eigenvalue weighted by Gasteiger charge is 2.31. The Bertz CT molecular complexity index is 1520. The van der Waals surface area contributed by atoms with E-state index in [1.807, 2.05) is 30.3 Å². The number of imide groups is 1. The van der Waals surface area contributed by atoms with Crippen LogP contribution in [0.25, 0.3) is 5.57 Å². The molecule has 0 aliphatic carbocycles. The van der Waals surface area contributed by atoms with E-state index in [-0.39, 0.29) is 11.3 Å². The van der Waals surface area contributed by atoms with Gasteiger partial charge in [-0.3, -0.25) is 14.9 Å². The number of rotatable bonds is 8. The van der Waals surface area contributed by atoms with E-state index in [0.717, 1.165) is 5.56 Å². The van der Waals surface area contributed by atoms with E-state index in [2.05, 4.69) is 16.7 Å². The third-order valence-corrected chi connectivity index (χ3v) is 5.68. The standard InChI is InChI=1S/C30H21N3O4/c31-18-22-8-4-5-9-26(22)37-25-16-12-23(13-17-25)32-28-27(29(34)33-30(28)35)21-10-14-24(15-11-21)36-19-20-6-2-1-3-7-20/h1-17H,19H2,(H2,32,33,34,35). The number of hydrogen-bond donors (Lipinski definition) is 2. The third kappa shape index (κ3) is 5.34. The minimum atomic E-state index is -0.507. The number of carbonyl (C=O) groups is 2. The highest BCUT2D eigenvalue weighted by Crippen LogP contribution is 2.29. The number of ether oxygens (including phenoxy) is 2. The van der Waals surface area contributed by atoms with Crippen molar-refractivity contribution in [1.82, 2.24) is 5.32 Å². The Morgan fingerprint density at radius 3 is 2.16 bits per heavy atom. The zero-order valence-electron chi connectivity index (χ0n) is 19.6. The molecule has 0 unspecified atom stereocenters. The number of amides is 2. The molecule has 1 heterocycles. The molecule has 4 aromatic carbocycles. The molecule has 0 radical (unpaired) electrons. The van der Waals surface area contributed by atoms with Crippen LogP contribution < -0.4 is 20.1 Å². The van der Waals surface area contributed by atoms with Gasteiger partial charge in [0, 0.05) is 5.69 Å². The third-order valence-electron chi connectivity index (χ3n) is 5.68. The fourth-order valence-corrected chi connectivity index (χ4v) is 3.83. The summed E-state index contributed by atoms with van der Waals surface area (Å²) in [5.41, 5.74) is 3.07. The van der Waals surface area contributed by atoms with Crippen LogP contribution in [0.5, 0.6) is 17.2 Å². The van der Waals surface area contributed by atoms with Crippen molar-refractivity contribution in [2.24, 2.45) is 0 Å². The van der Waals surface area contributed by atoms with Crippen molar-refractivity contribution in [3.05, 3.63) is 126 Å². The fourth-order valence-electron chi connectivity index (χ4n) is 3.83. The Kier molecular flexibility index (Phi) is 6.64. The highest BCUT2D eigenvalue weighted by molar-refractivity contribution is 6.36. The predicted octanol–water partition coefficient (Wildman–Crippen LogP) is 5.41. The molecular formula is C30H21N3O4. The lowest BCUT2D eigenvalue weighted by Crippen LogP contribution is -2.24. The van der Waals surface area contributed by atoms with Crippen molar-refractivity contribution in [2.45, 2.75) is 6.61 Å². The Balaban J connectivity index is 1.32. The van der Waals surface area contributed by atoms with Gasteiger partial charge in [0.25, 0.3) is 11.8 Å². The molecule has 5 rings (SSSR count). The average molecular weight is 488 g/mol. The van der Waals surface area contributed by atoms with Crippen LogP contribution in [-0.4, -0.2) is 11.8 Å². The van der Waals surface area contributed by atoms with E-state index >= 15 is 0 Å². The van der Waals surface area contributed by atoms with Crippen molar-refractivity contribution < 1.29 is 19.1 Å². The Labute approximate surface area is 213 Å². The van der Waals surface area contributed by atoms with Gasteiger partial charge in [-0.25, -0.2) is 0 Å². The van der Waals surface area contributed by atoms with E-state index in [1.54, 1.807) is 72.8 Å². The van der Waals surface area contributed by atoms with Gasteiger partial charge in [0.05, 0.1) is 11.1 Å². The van der Waals surface area contributed by atoms with Crippen LogP contribution in [0.15, 0.2) is 109 Å². The summed E-state index contributed by atoms with van der Waals surface area (Å²) in [5, 5.41) is 14.6. The van der Waals surface area contributed by atoms with E-state index in [1.165, 1.54) is 0 Å². The smallest absolute Gasteiger partial charge is 0.275 e. The SMILES string of the molecule is N#Cc1ccccc1Oc1ccc(NC2=C(c3ccc(OCc4ccccc4)cc3)C(=O)NC2=O)cc1. The van der Waals surface area contributed by atoms with Crippen LogP contribution in [-0.2, 0) is 16.2 Å². The van der Waals surface area contributed by atoms with Crippen LogP contribution in [0.4, 0.5) is 5.69 Å². The number of anilines is 1. The van der Waals surface area contributed by atoms with Gasteiger partial charge in [-0.15, -0.1) is 0 Å². The van der Waals surface area contributed by atoms with Crippen LogP contribution in [0.3, 0.4) is 0 Å². The van der Waals surface area contributed by atoms with Gasteiger partial charge in [0.2, 0.25) is 0 Å². The summed E-state index contributed by atoms with van der Waals surface area (Å²) in [6.07, 6.45) is 0. The van der Waals surface area contributed by atoms with Crippen molar-refractivity contribution in [3.63, 3.8) is 0 Å². The van der Waals surface area contributed by atoms with Crippen molar-refractivity contribution >= 4 is 23.1 Å². The second-order valence-corrected chi connectivity index (χ2v) is 8.19. The summed E-state index contributed by atoms with van der Waals surface area (Å²) >= 11 is 0. The lowest BCUT2D eigenvalue weighted by Gasteiger charge is -2.11. The molecule has 2 amide bonds. The first-order valence-corrected chi connectivity index (χ1v) is 11.5. The molecule has 2 N–H and O–H groups in total. The summed E-state index contributed by atoms with van der Waals surface area (Å²) in [7, 11) is 0. The second kappa shape index (κ2) is 10.5. The first-order chi connectivity index (χ1) is 18.1. The number of carbonyl (C=O) groups excluding carboxylic acids is 2. The quantitative estimate of drug-likeness (QED) is 0.323. The monoisotopic (exact) mass is 487 g/mol. The minimum absolute atomic E-state index is 0.159. The molecule has 0 spiro atoms. The average Bonchev–Trinajstić information content (AvgIpc) is 3.21. The fraction of sp³-hybridized carbons (Fsp3) is 0.0333. The van der Waals surface area contributed by atoms with Gasteiger partial charge in [-0.2, -0.15) is 5.26 Å². The molecule has 1 aliphatic heterocycles. The summed E-state index contributed by atoms with van der Waals surface area (Å²) in [6, 6.07) is 32.8. The topological polar surface area (TPSA) is 100 Å². The summed E-state index contributed by atoms with van der Waals surface area (Å²) in [6.45, 7) is 0.427.